The summed E-state index contributed by atoms with van der Waals surface area (Å²) in [4.78, 5) is 16.2. The van der Waals surface area contributed by atoms with Crippen LogP contribution in [0, 0.1) is 6.92 Å². The maximum Gasteiger partial charge on any atom is 0.231 e. The number of phenolic OH excluding ortho intramolecular Hbond substituents is 1. The second kappa shape index (κ2) is 6.74. The molecule has 24 heavy (non-hydrogen) atoms. The van der Waals surface area contributed by atoms with Crippen molar-refractivity contribution in [3.05, 3.63) is 42.0 Å². The van der Waals surface area contributed by atoms with Gasteiger partial charge in [-0.1, -0.05) is 19.4 Å². The van der Waals surface area contributed by atoms with Crippen molar-refractivity contribution in [3.8, 4) is 17.2 Å². The Morgan fingerprint density at radius 3 is 2.83 bits per heavy atom. The Morgan fingerprint density at radius 2 is 2.08 bits per heavy atom. The van der Waals surface area contributed by atoms with Crippen molar-refractivity contribution in [1.29, 1.82) is 0 Å². The number of carbonyl (C=O) groups is 1. The molecule has 124 valence electrons. The summed E-state index contributed by atoms with van der Waals surface area (Å²) in [7, 11) is 0. The number of phenols is 1. The summed E-state index contributed by atoms with van der Waals surface area (Å²) in [5, 5.41) is 13.0. The molecule has 0 saturated heterocycles. The van der Waals surface area contributed by atoms with Gasteiger partial charge in [-0.2, -0.15) is 0 Å². The number of benzene rings is 2. The molecule has 0 spiro atoms. The van der Waals surface area contributed by atoms with Gasteiger partial charge in [0.1, 0.15) is 11.3 Å². The number of fused-ring (bicyclic) bond motifs is 1. The third-order valence-electron chi connectivity index (χ3n) is 3.81. The van der Waals surface area contributed by atoms with Gasteiger partial charge < -0.3 is 14.8 Å². The first-order chi connectivity index (χ1) is 11.6. The van der Waals surface area contributed by atoms with E-state index in [2.05, 4.69) is 10.3 Å². The minimum atomic E-state index is -0.0543. The Hall–Kier alpha value is -2.82. The number of nitrogens with one attached hydrogen (secondary N) is 1. The normalized spacial score (nSPS) is 10.9. The molecule has 0 aliphatic heterocycles. The lowest BCUT2D eigenvalue weighted by Gasteiger charge is -2.07. The molecular formula is C19H20N2O3. The predicted molar refractivity (Wildman–Crippen MR) is 94.0 cm³/mol. The number of oxazole rings is 1. The van der Waals surface area contributed by atoms with Gasteiger partial charge in [-0.25, -0.2) is 4.98 Å². The Morgan fingerprint density at radius 1 is 1.25 bits per heavy atom. The number of aromatic hydroxyl groups is 1. The zero-order chi connectivity index (χ0) is 17.1. The van der Waals surface area contributed by atoms with Gasteiger partial charge in [0.2, 0.25) is 11.8 Å². The van der Waals surface area contributed by atoms with Crippen LogP contribution in [0.2, 0.25) is 0 Å². The lowest BCUT2D eigenvalue weighted by molar-refractivity contribution is -0.116. The van der Waals surface area contributed by atoms with Crippen LogP contribution in [0.15, 0.2) is 40.8 Å². The molecule has 1 aromatic heterocycles. The van der Waals surface area contributed by atoms with E-state index >= 15 is 0 Å². The molecule has 0 fully saturated rings. The number of rotatable bonds is 5. The first-order valence-corrected chi connectivity index (χ1v) is 8.07. The van der Waals surface area contributed by atoms with E-state index in [4.69, 9.17) is 4.42 Å². The maximum atomic E-state index is 11.8. The smallest absolute Gasteiger partial charge is 0.231 e. The Kier molecular flexibility index (Phi) is 4.51. The zero-order valence-electron chi connectivity index (χ0n) is 13.8. The van der Waals surface area contributed by atoms with E-state index < -0.39 is 0 Å². The van der Waals surface area contributed by atoms with E-state index in [1.807, 2.05) is 32.0 Å². The van der Waals surface area contributed by atoms with Gasteiger partial charge >= 0.3 is 0 Å². The lowest BCUT2D eigenvalue weighted by Crippen LogP contribution is -2.10. The monoisotopic (exact) mass is 324 g/mol. The molecule has 3 aromatic rings. The van der Waals surface area contributed by atoms with E-state index in [9.17, 15) is 9.90 Å². The number of hydrogen-bond donors (Lipinski definition) is 2. The molecule has 5 heteroatoms. The highest BCUT2D eigenvalue weighted by molar-refractivity contribution is 5.91. The summed E-state index contributed by atoms with van der Waals surface area (Å²) >= 11 is 0. The Labute approximate surface area is 140 Å². The summed E-state index contributed by atoms with van der Waals surface area (Å²) in [5.41, 5.74) is 3.57. The molecule has 1 amide bonds. The fourth-order valence-corrected chi connectivity index (χ4v) is 2.50. The molecular weight excluding hydrogens is 304 g/mol. The molecule has 0 aliphatic rings. The second-order valence-electron chi connectivity index (χ2n) is 5.87. The van der Waals surface area contributed by atoms with E-state index in [1.165, 1.54) is 6.07 Å². The summed E-state index contributed by atoms with van der Waals surface area (Å²) in [5.74, 6) is 0.324. The molecule has 3 rings (SSSR count). The van der Waals surface area contributed by atoms with Crippen molar-refractivity contribution < 1.29 is 14.3 Å². The number of aryl methyl sites for hydroxylation is 1. The van der Waals surface area contributed by atoms with E-state index in [1.54, 1.807) is 12.1 Å². The van der Waals surface area contributed by atoms with E-state index in [0.717, 1.165) is 23.9 Å². The van der Waals surface area contributed by atoms with Crippen LogP contribution in [0.25, 0.3) is 22.6 Å². The predicted octanol–water partition coefficient (Wildman–Crippen LogP) is 4.64. The van der Waals surface area contributed by atoms with Crippen molar-refractivity contribution in [2.24, 2.45) is 0 Å². The topological polar surface area (TPSA) is 75.4 Å². The number of hydrogen-bond acceptors (Lipinski definition) is 4. The highest BCUT2D eigenvalue weighted by atomic mass is 16.3. The average Bonchev–Trinajstić information content (AvgIpc) is 2.95. The van der Waals surface area contributed by atoms with Crippen LogP contribution >= 0.6 is 0 Å². The quantitative estimate of drug-likeness (QED) is 0.717. The number of carbonyl (C=O) groups excluding carboxylic acids is 1. The van der Waals surface area contributed by atoms with Gasteiger partial charge in [0.15, 0.2) is 5.58 Å². The molecule has 0 saturated carbocycles. The van der Waals surface area contributed by atoms with Crippen molar-refractivity contribution in [1.82, 2.24) is 4.98 Å². The number of nitrogens with zero attached hydrogens (tertiary/aromatic N) is 1. The molecule has 0 atom stereocenters. The Bertz CT molecular complexity index is 883. The van der Waals surface area contributed by atoms with Crippen molar-refractivity contribution in [2.75, 3.05) is 5.32 Å². The molecule has 1 heterocycles. The molecule has 2 aromatic carbocycles. The number of amides is 1. The zero-order valence-corrected chi connectivity index (χ0v) is 13.8. The molecule has 5 nitrogen and oxygen atoms in total. The number of unbranched alkanes of at least 4 members (excludes halogenated alkanes) is 1. The fourth-order valence-electron chi connectivity index (χ4n) is 2.50. The molecule has 0 bridgehead atoms. The minimum absolute atomic E-state index is 0.0200. The molecule has 2 N–H and O–H groups in total. The van der Waals surface area contributed by atoms with Crippen molar-refractivity contribution in [2.45, 2.75) is 33.1 Å². The summed E-state index contributed by atoms with van der Waals surface area (Å²) in [6, 6.07) is 10.7. The average molecular weight is 324 g/mol. The van der Waals surface area contributed by atoms with Gasteiger partial charge in [-0.05, 0) is 43.2 Å². The highest BCUT2D eigenvalue weighted by Crippen LogP contribution is 2.33. The summed E-state index contributed by atoms with van der Waals surface area (Å²) in [6.45, 7) is 4.02. The van der Waals surface area contributed by atoms with Gasteiger partial charge in [-0.15, -0.1) is 0 Å². The van der Waals surface area contributed by atoms with Crippen LogP contribution < -0.4 is 5.32 Å². The Balaban J connectivity index is 1.84. The standard InChI is InChI=1S/C19H20N2O3/c1-3-4-5-18(23)20-13-7-8-14(16(22)11-13)19-21-15-10-12(2)6-9-17(15)24-19/h6-11,22H,3-5H2,1-2H3,(H,20,23). The van der Waals surface area contributed by atoms with E-state index in [-0.39, 0.29) is 11.7 Å². The number of anilines is 1. The van der Waals surface area contributed by atoms with Crippen LogP contribution in [0.3, 0.4) is 0 Å². The van der Waals surface area contributed by atoms with Gasteiger partial charge in [0.25, 0.3) is 0 Å². The third kappa shape index (κ3) is 3.40. The summed E-state index contributed by atoms with van der Waals surface area (Å²) in [6.07, 6.45) is 2.29. The molecule has 0 aliphatic carbocycles. The van der Waals surface area contributed by atoms with Crippen LogP contribution in [0.5, 0.6) is 5.75 Å². The minimum Gasteiger partial charge on any atom is -0.507 e. The lowest BCUT2D eigenvalue weighted by atomic mass is 10.1. The van der Waals surface area contributed by atoms with E-state index in [0.29, 0.717) is 29.1 Å². The van der Waals surface area contributed by atoms with Gasteiger partial charge in [0.05, 0.1) is 5.56 Å². The van der Waals surface area contributed by atoms with Crippen molar-refractivity contribution >= 4 is 22.7 Å². The second-order valence-corrected chi connectivity index (χ2v) is 5.87. The van der Waals surface area contributed by atoms with Crippen LogP contribution in [0.4, 0.5) is 5.69 Å². The van der Waals surface area contributed by atoms with Crippen molar-refractivity contribution in [3.63, 3.8) is 0 Å². The summed E-state index contributed by atoms with van der Waals surface area (Å²) < 4.78 is 5.71. The van der Waals surface area contributed by atoms with Crippen LogP contribution in [0.1, 0.15) is 31.7 Å². The molecule has 0 radical (unpaired) electrons. The van der Waals surface area contributed by atoms with Gasteiger partial charge in [0, 0.05) is 18.2 Å². The third-order valence-corrected chi connectivity index (χ3v) is 3.81. The first kappa shape index (κ1) is 16.1. The van der Waals surface area contributed by atoms with Crippen LogP contribution in [-0.2, 0) is 4.79 Å². The fraction of sp³-hybridized carbons (Fsp3) is 0.263. The first-order valence-electron chi connectivity index (χ1n) is 8.07. The van der Waals surface area contributed by atoms with Gasteiger partial charge in [-0.3, -0.25) is 4.79 Å². The number of aromatic nitrogens is 1. The largest absolute Gasteiger partial charge is 0.507 e. The molecule has 0 unspecified atom stereocenters. The van der Waals surface area contributed by atoms with Crippen LogP contribution in [-0.4, -0.2) is 16.0 Å². The highest BCUT2D eigenvalue weighted by Gasteiger charge is 2.13. The SMILES string of the molecule is CCCCC(=O)Nc1ccc(-c2nc3cc(C)ccc3o2)c(O)c1. The maximum absolute atomic E-state index is 11.8.